The third-order valence-corrected chi connectivity index (χ3v) is 4.17. The molecule has 7 heteroatoms. The number of aromatic nitrogens is 3. The number of hydrogen-bond acceptors (Lipinski definition) is 5. The molecule has 120 valence electrons. The summed E-state index contributed by atoms with van der Waals surface area (Å²) < 4.78 is 0. The van der Waals surface area contributed by atoms with Crippen LogP contribution in [0.25, 0.3) is 11.0 Å². The second-order valence-corrected chi connectivity index (χ2v) is 5.76. The number of hydrogen-bond donors (Lipinski definition) is 2. The maximum atomic E-state index is 12.6. The van der Waals surface area contributed by atoms with Gasteiger partial charge >= 0.3 is 0 Å². The van der Waals surface area contributed by atoms with E-state index in [1.54, 1.807) is 23.1 Å². The normalized spacial score (nSPS) is 13.8. The number of carbonyl (C=O) groups is 1. The second-order valence-electron chi connectivity index (χ2n) is 5.76. The molecule has 24 heavy (non-hydrogen) atoms. The van der Waals surface area contributed by atoms with Gasteiger partial charge in [0.05, 0.1) is 5.39 Å². The van der Waals surface area contributed by atoms with Gasteiger partial charge in [0.15, 0.2) is 5.65 Å². The third-order valence-electron chi connectivity index (χ3n) is 4.17. The molecule has 1 aliphatic heterocycles. The molecule has 1 aliphatic rings. The van der Waals surface area contributed by atoms with Crippen molar-refractivity contribution in [2.75, 3.05) is 12.3 Å². The highest BCUT2D eigenvalue weighted by molar-refractivity contribution is 5.94. The van der Waals surface area contributed by atoms with Gasteiger partial charge in [-0.05, 0) is 23.8 Å². The van der Waals surface area contributed by atoms with E-state index in [-0.39, 0.29) is 17.4 Å². The molecular formula is C17H15N5O2. The minimum Gasteiger partial charge on any atom is -0.369 e. The van der Waals surface area contributed by atoms with Crippen molar-refractivity contribution in [1.82, 2.24) is 19.9 Å². The Morgan fingerprint density at radius 1 is 1.21 bits per heavy atom. The van der Waals surface area contributed by atoms with E-state index in [0.717, 1.165) is 11.3 Å². The number of nitrogens with two attached hydrogens (primary N) is 1. The second kappa shape index (κ2) is 5.45. The maximum Gasteiger partial charge on any atom is 0.261 e. The highest BCUT2D eigenvalue weighted by Crippen LogP contribution is 2.21. The topological polar surface area (TPSA) is 105 Å². The number of H-pyrrole nitrogens is 1. The number of nitrogen functional groups attached to an aromatic ring is 1. The van der Waals surface area contributed by atoms with Crippen LogP contribution in [0.3, 0.4) is 0 Å². The molecule has 7 nitrogen and oxygen atoms in total. The number of nitrogens with one attached hydrogen (secondary N) is 1. The molecule has 3 heterocycles. The Labute approximate surface area is 137 Å². The van der Waals surface area contributed by atoms with Gasteiger partial charge in [0, 0.05) is 30.8 Å². The predicted molar refractivity (Wildman–Crippen MR) is 89.5 cm³/mol. The zero-order valence-corrected chi connectivity index (χ0v) is 12.8. The van der Waals surface area contributed by atoms with Gasteiger partial charge in [-0.2, -0.15) is 4.98 Å². The zero-order valence-electron chi connectivity index (χ0n) is 12.8. The summed E-state index contributed by atoms with van der Waals surface area (Å²) in [6.45, 7) is 1.01. The van der Waals surface area contributed by atoms with Crippen LogP contribution in [0.1, 0.15) is 21.6 Å². The third kappa shape index (κ3) is 2.40. The van der Waals surface area contributed by atoms with Gasteiger partial charge in [-0.15, -0.1) is 0 Å². The molecule has 4 rings (SSSR count). The molecule has 0 radical (unpaired) electrons. The SMILES string of the molecule is Nc1nc2nc3c(cc2c(=O)[nH]1)CN(C(=O)c1ccccc1)CC3. The van der Waals surface area contributed by atoms with Crippen molar-refractivity contribution in [1.29, 1.82) is 0 Å². The fourth-order valence-electron chi connectivity index (χ4n) is 2.98. The summed E-state index contributed by atoms with van der Waals surface area (Å²) in [7, 11) is 0. The lowest BCUT2D eigenvalue weighted by atomic mass is 10.0. The first-order valence-electron chi connectivity index (χ1n) is 7.64. The summed E-state index contributed by atoms with van der Waals surface area (Å²) in [6, 6.07) is 10.9. The molecule has 0 fully saturated rings. The fraction of sp³-hybridized carbons (Fsp3) is 0.176. The zero-order chi connectivity index (χ0) is 16.7. The number of rotatable bonds is 1. The van der Waals surface area contributed by atoms with Crippen molar-refractivity contribution in [3.8, 4) is 0 Å². The van der Waals surface area contributed by atoms with Crippen molar-refractivity contribution in [2.45, 2.75) is 13.0 Å². The lowest BCUT2D eigenvalue weighted by Gasteiger charge is -2.28. The van der Waals surface area contributed by atoms with Gasteiger partial charge in [-0.1, -0.05) is 18.2 Å². The number of nitrogens with zero attached hydrogens (tertiary/aromatic N) is 3. The number of aromatic amines is 1. The summed E-state index contributed by atoms with van der Waals surface area (Å²) >= 11 is 0. The largest absolute Gasteiger partial charge is 0.369 e. The summed E-state index contributed by atoms with van der Waals surface area (Å²) in [5.41, 5.74) is 7.98. The van der Waals surface area contributed by atoms with Crippen LogP contribution in [0.15, 0.2) is 41.2 Å². The van der Waals surface area contributed by atoms with E-state index in [1.165, 1.54) is 0 Å². The van der Waals surface area contributed by atoms with E-state index < -0.39 is 0 Å². The van der Waals surface area contributed by atoms with Crippen molar-refractivity contribution in [2.24, 2.45) is 0 Å². The summed E-state index contributed by atoms with van der Waals surface area (Å²) in [5.74, 6) is 0.0299. The number of benzene rings is 1. The summed E-state index contributed by atoms with van der Waals surface area (Å²) in [6.07, 6.45) is 0.623. The Morgan fingerprint density at radius 2 is 2.00 bits per heavy atom. The van der Waals surface area contributed by atoms with E-state index >= 15 is 0 Å². The minimum atomic E-state index is -0.320. The van der Waals surface area contributed by atoms with Crippen LogP contribution in [0.4, 0.5) is 5.95 Å². The first-order chi connectivity index (χ1) is 11.6. The first kappa shape index (κ1) is 14.4. The van der Waals surface area contributed by atoms with Crippen molar-refractivity contribution >= 4 is 22.9 Å². The summed E-state index contributed by atoms with van der Waals surface area (Å²) in [5, 5.41) is 0.386. The Morgan fingerprint density at radius 3 is 2.79 bits per heavy atom. The van der Waals surface area contributed by atoms with Crippen LogP contribution in [-0.4, -0.2) is 32.3 Å². The van der Waals surface area contributed by atoms with E-state index in [1.807, 2.05) is 18.2 Å². The van der Waals surface area contributed by atoms with Crippen LogP contribution in [0.2, 0.25) is 0 Å². The van der Waals surface area contributed by atoms with E-state index in [2.05, 4.69) is 15.0 Å². The van der Waals surface area contributed by atoms with Gasteiger partial charge < -0.3 is 10.6 Å². The molecule has 0 spiro atoms. The molecule has 0 bridgehead atoms. The Bertz CT molecular complexity index is 997. The van der Waals surface area contributed by atoms with Gasteiger partial charge in [0.1, 0.15) is 0 Å². The van der Waals surface area contributed by atoms with E-state index in [4.69, 9.17) is 5.73 Å². The fourth-order valence-corrected chi connectivity index (χ4v) is 2.98. The molecule has 1 amide bonds. The standard InChI is InChI=1S/C17H15N5O2/c18-17-20-14-12(15(23)21-17)8-11-9-22(7-6-13(11)19-14)16(24)10-4-2-1-3-5-10/h1-5,8H,6-7,9H2,(H3,18,19,20,21,23). The Hall–Kier alpha value is -3.22. The maximum absolute atomic E-state index is 12.6. The molecule has 1 aromatic carbocycles. The minimum absolute atomic E-state index is 0.0225. The van der Waals surface area contributed by atoms with Crippen molar-refractivity contribution < 1.29 is 4.79 Å². The van der Waals surface area contributed by atoms with Gasteiger partial charge in [-0.3, -0.25) is 14.6 Å². The Kier molecular flexibility index (Phi) is 3.26. The van der Waals surface area contributed by atoms with Gasteiger partial charge in [-0.25, -0.2) is 4.98 Å². The molecule has 0 aliphatic carbocycles. The smallest absolute Gasteiger partial charge is 0.261 e. The summed E-state index contributed by atoms with van der Waals surface area (Å²) in [4.78, 5) is 37.4. The van der Waals surface area contributed by atoms with Crippen LogP contribution in [0.5, 0.6) is 0 Å². The quantitative estimate of drug-likeness (QED) is 0.698. The number of anilines is 1. The van der Waals surface area contributed by atoms with Crippen LogP contribution < -0.4 is 11.3 Å². The van der Waals surface area contributed by atoms with Crippen LogP contribution in [-0.2, 0) is 13.0 Å². The first-order valence-corrected chi connectivity index (χ1v) is 7.64. The van der Waals surface area contributed by atoms with E-state index in [0.29, 0.717) is 36.1 Å². The van der Waals surface area contributed by atoms with Gasteiger partial charge in [0.25, 0.3) is 11.5 Å². The molecule has 3 aromatic rings. The monoisotopic (exact) mass is 321 g/mol. The highest BCUT2D eigenvalue weighted by atomic mass is 16.2. The van der Waals surface area contributed by atoms with E-state index in [9.17, 15) is 9.59 Å². The molecule has 0 atom stereocenters. The molecule has 0 saturated heterocycles. The Balaban J connectivity index is 1.71. The van der Waals surface area contributed by atoms with Crippen LogP contribution >= 0.6 is 0 Å². The average molecular weight is 321 g/mol. The number of carbonyl (C=O) groups excluding carboxylic acids is 1. The number of fused-ring (bicyclic) bond motifs is 2. The molecule has 0 unspecified atom stereocenters. The lowest BCUT2D eigenvalue weighted by Crippen LogP contribution is -2.36. The predicted octanol–water partition coefficient (Wildman–Crippen LogP) is 1.10. The average Bonchev–Trinajstić information content (AvgIpc) is 2.60. The molecular weight excluding hydrogens is 306 g/mol. The molecule has 0 saturated carbocycles. The van der Waals surface area contributed by atoms with Crippen molar-refractivity contribution in [3.05, 3.63) is 63.6 Å². The van der Waals surface area contributed by atoms with Crippen molar-refractivity contribution in [3.63, 3.8) is 0 Å². The van der Waals surface area contributed by atoms with Crippen LogP contribution in [0, 0.1) is 0 Å². The van der Waals surface area contributed by atoms with Gasteiger partial charge in [0.2, 0.25) is 5.95 Å². The highest BCUT2D eigenvalue weighted by Gasteiger charge is 2.23. The molecule has 2 aromatic heterocycles. The molecule has 3 N–H and O–H groups in total. The number of pyridine rings is 1. The lowest BCUT2D eigenvalue weighted by molar-refractivity contribution is 0.0733. The number of amides is 1.